The van der Waals surface area contributed by atoms with Crippen LogP contribution in [0.4, 0.5) is 0 Å². The Labute approximate surface area is 188 Å². The highest BCUT2D eigenvalue weighted by Crippen LogP contribution is 2.26. The zero-order chi connectivity index (χ0) is 22.2. The third kappa shape index (κ3) is 4.81. The van der Waals surface area contributed by atoms with E-state index in [0.29, 0.717) is 42.4 Å². The molecule has 2 atom stereocenters. The standard InChI is InChI=1S/C22H28ClN3O4S/c1-15-21(16(2)26(24-15)12-17-6-3-4-8-20(17)23)22(27)25(13-19-7-5-10-30-19)18-9-11-31(28,29)14-18/h3-4,6,8,18-19H,5,7,9-14H2,1-2H3/t18-,19+/m0/s1. The molecule has 31 heavy (non-hydrogen) atoms. The number of rotatable bonds is 6. The Morgan fingerprint density at radius 3 is 2.71 bits per heavy atom. The van der Waals surface area contributed by atoms with Gasteiger partial charge in [0.1, 0.15) is 0 Å². The average molecular weight is 466 g/mol. The molecule has 0 bridgehead atoms. The molecule has 2 aliphatic heterocycles. The number of ether oxygens (including phenoxy) is 1. The summed E-state index contributed by atoms with van der Waals surface area (Å²) in [5, 5.41) is 5.25. The van der Waals surface area contributed by atoms with E-state index in [-0.39, 0.29) is 29.6 Å². The molecule has 4 rings (SSSR count). The fourth-order valence-electron chi connectivity index (χ4n) is 4.52. The Bertz CT molecular complexity index is 1080. The lowest BCUT2D eigenvalue weighted by Gasteiger charge is -2.30. The van der Waals surface area contributed by atoms with Gasteiger partial charge in [-0.3, -0.25) is 9.48 Å². The number of sulfone groups is 1. The molecule has 1 aromatic heterocycles. The summed E-state index contributed by atoms with van der Waals surface area (Å²) in [5.74, 6) is -0.0356. The number of nitrogens with zero attached hydrogens (tertiary/aromatic N) is 3. The van der Waals surface area contributed by atoms with Gasteiger partial charge >= 0.3 is 0 Å². The second-order valence-electron chi connectivity index (χ2n) is 8.44. The van der Waals surface area contributed by atoms with Gasteiger partial charge in [0.25, 0.3) is 5.91 Å². The third-order valence-corrected chi connectivity index (χ3v) is 8.33. The number of aryl methyl sites for hydroxylation is 1. The smallest absolute Gasteiger partial charge is 0.257 e. The summed E-state index contributed by atoms with van der Waals surface area (Å²) in [4.78, 5) is 15.4. The van der Waals surface area contributed by atoms with Crippen LogP contribution in [-0.4, -0.2) is 65.8 Å². The van der Waals surface area contributed by atoms with E-state index in [9.17, 15) is 13.2 Å². The maximum Gasteiger partial charge on any atom is 0.257 e. The quantitative estimate of drug-likeness (QED) is 0.655. The first kappa shape index (κ1) is 22.3. The van der Waals surface area contributed by atoms with E-state index in [1.165, 1.54) is 0 Å². The van der Waals surface area contributed by atoms with Crippen LogP contribution in [0.2, 0.25) is 5.02 Å². The summed E-state index contributed by atoms with van der Waals surface area (Å²) in [7, 11) is -3.12. The van der Waals surface area contributed by atoms with Crippen molar-refractivity contribution >= 4 is 27.3 Å². The number of amides is 1. The molecule has 0 saturated carbocycles. The van der Waals surface area contributed by atoms with Gasteiger partial charge in [0.2, 0.25) is 0 Å². The van der Waals surface area contributed by atoms with Gasteiger partial charge in [-0.2, -0.15) is 5.10 Å². The molecule has 3 heterocycles. The topological polar surface area (TPSA) is 81.5 Å². The number of hydrogen-bond donors (Lipinski definition) is 0. The van der Waals surface area contributed by atoms with Crippen LogP contribution < -0.4 is 0 Å². The van der Waals surface area contributed by atoms with Crippen molar-refractivity contribution in [3.63, 3.8) is 0 Å². The molecule has 9 heteroatoms. The number of aromatic nitrogens is 2. The highest BCUT2D eigenvalue weighted by Gasteiger charge is 2.38. The van der Waals surface area contributed by atoms with Crippen LogP contribution in [0.5, 0.6) is 0 Å². The Morgan fingerprint density at radius 1 is 1.29 bits per heavy atom. The van der Waals surface area contributed by atoms with Crippen molar-refractivity contribution in [2.75, 3.05) is 24.7 Å². The number of halogens is 1. The molecule has 0 aliphatic carbocycles. The molecule has 1 aromatic carbocycles. The molecule has 0 unspecified atom stereocenters. The molecule has 2 fully saturated rings. The zero-order valence-corrected chi connectivity index (χ0v) is 19.5. The predicted molar refractivity (Wildman–Crippen MR) is 119 cm³/mol. The SMILES string of the molecule is Cc1nn(Cc2ccccc2Cl)c(C)c1C(=O)N(C[C@H]1CCCO1)[C@H]1CCS(=O)(=O)C1. The normalized spacial score (nSPS) is 22.7. The van der Waals surface area contributed by atoms with Crippen LogP contribution in [0.1, 0.15) is 46.6 Å². The fraction of sp³-hybridized carbons (Fsp3) is 0.545. The van der Waals surface area contributed by atoms with E-state index >= 15 is 0 Å². The third-order valence-electron chi connectivity index (χ3n) is 6.21. The summed E-state index contributed by atoms with van der Waals surface area (Å²) in [5.41, 5.74) is 2.84. The largest absolute Gasteiger partial charge is 0.376 e. The van der Waals surface area contributed by atoms with Gasteiger partial charge < -0.3 is 9.64 Å². The van der Waals surface area contributed by atoms with Crippen LogP contribution >= 0.6 is 11.6 Å². The second-order valence-corrected chi connectivity index (χ2v) is 11.1. The van der Waals surface area contributed by atoms with E-state index in [4.69, 9.17) is 16.3 Å². The number of hydrogen-bond acceptors (Lipinski definition) is 5. The van der Waals surface area contributed by atoms with Gasteiger partial charge in [-0.25, -0.2) is 8.42 Å². The Balaban J connectivity index is 1.63. The van der Waals surface area contributed by atoms with Crippen molar-refractivity contribution in [1.82, 2.24) is 14.7 Å². The summed E-state index contributed by atoms with van der Waals surface area (Å²) >= 11 is 6.31. The maximum absolute atomic E-state index is 13.7. The lowest BCUT2D eigenvalue weighted by molar-refractivity contribution is 0.0440. The minimum absolute atomic E-state index is 0.0112. The molecule has 1 amide bonds. The highest BCUT2D eigenvalue weighted by molar-refractivity contribution is 7.91. The minimum atomic E-state index is -3.12. The summed E-state index contributed by atoms with van der Waals surface area (Å²) in [6.45, 7) is 5.25. The van der Waals surface area contributed by atoms with E-state index in [1.807, 2.05) is 38.1 Å². The average Bonchev–Trinajstić information content (AvgIpc) is 3.42. The molecule has 2 aliphatic rings. The first-order valence-corrected chi connectivity index (χ1v) is 12.9. The molecule has 0 radical (unpaired) electrons. The van der Waals surface area contributed by atoms with E-state index in [0.717, 1.165) is 24.1 Å². The van der Waals surface area contributed by atoms with Crippen LogP contribution in [0, 0.1) is 13.8 Å². The summed E-state index contributed by atoms with van der Waals surface area (Å²) in [6, 6.07) is 7.24. The van der Waals surface area contributed by atoms with Gasteiger partial charge in [-0.15, -0.1) is 0 Å². The lowest BCUT2D eigenvalue weighted by atomic mass is 10.1. The Hall–Kier alpha value is -1.90. The van der Waals surface area contributed by atoms with Crippen molar-refractivity contribution in [1.29, 1.82) is 0 Å². The second kappa shape index (κ2) is 8.92. The first-order valence-electron chi connectivity index (χ1n) is 10.7. The fourth-order valence-corrected chi connectivity index (χ4v) is 6.44. The van der Waals surface area contributed by atoms with Gasteiger partial charge in [0, 0.05) is 29.9 Å². The monoisotopic (exact) mass is 465 g/mol. The van der Waals surface area contributed by atoms with E-state index in [1.54, 1.807) is 9.58 Å². The van der Waals surface area contributed by atoms with Crippen molar-refractivity contribution in [2.24, 2.45) is 0 Å². The van der Waals surface area contributed by atoms with E-state index in [2.05, 4.69) is 5.10 Å². The van der Waals surface area contributed by atoms with Crippen molar-refractivity contribution in [3.05, 3.63) is 51.8 Å². The lowest BCUT2D eigenvalue weighted by Crippen LogP contribution is -2.45. The molecule has 0 N–H and O–H groups in total. The molecule has 2 aromatic rings. The van der Waals surface area contributed by atoms with Crippen molar-refractivity contribution in [2.45, 2.75) is 51.8 Å². The molecular formula is C22H28ClN3O4S. The van der Waals surface area contributed by atoms with Gasteiger partial charge in [0.15, 0.2) is 9.84 Å². The number of carbonyl (C=O) groups is 1. The highest BCUT2D eigenvalue weighted by atomic mass is 35.5. The summed E-state index contributed by atoms with van der Waals surface area (Å²) in [6.07, 6.45) is 2.26. The molecule has 2 saturated heterocycles. The van der Waals surface area contributed by atoms with Crippen molar-refractivity contribution in [3.8, 4) is 0 Å². The molecular weight excluding hydrogens is 438 g/mol. The van der Waals surface area contributed by atoms with E-state index < -0.39 is 9.84 Å². The molecule has 168 valence electrons. The molecule has 7 nitrogen and oxygen atoms in total. The van der Waals surface area contributed by atoms with Crippen LogP contribution in [0.3, 0.4) is 0 Å². The van der Waals surface area contributed by atoms with Crippen LogP contribution in [0.25, 0.3) is 0 Å². The van der Waals surface area contributed by atoms with Gasteiger partial charge in [-0.1, -0.05) is 29.8 Å². The Kier molecular flexibility index (Phi) is 6.42. The van der Waals surface area contributed by atoms with Crippen LogP contribution in [0.15, 0.2) is 24.3 Å². The number of carbonyl (C=O) groups excluding carboxylic acids is 1. The van der Waals surface area contributed by atoms with Crippen LogP contribution in [-0.2, 0) is 21.1 Å². The van der Waals surface area contributed by atoms with Crippen molar-refractivity contribution < 1.29 is 17.9 Å². The Morgan fingerprint density at radius 2 is 2.06 bits per heavy atom. The summed E-state index contributed by atoms with van der Waals surface area (Å²) < 4.78 is 31.8. The number of benzene rings is 1. The molecule has 0 spiro atoms. The first-order chi connectivity index (χ1) is 14.7. The van der Waals surface area contributed by atoms with Gasteiger partial charge in [-0.05, 0) is 44.7 Å². The predicted octanol–water partition coefficient (Wildman–Crippen LogP) is 3.01. The zero-order valence-electron chi connectivity index (χ0n) is 17.9. The maximum atomic E-state index is 13.7. The van der Waals surface area contributed by atoms with Gasteiger partial charge in [0.05, 0.1) is 35.4 Å². The minimum Gasteiger partial charge on any atom is -0.376 e.